The molecule has 0 unspecified atom stereocenters. The molecule has 0 saturated heterocycles. The summed E-state index contributed by atoms with van der Waals surface area (Å²) in [5, 5.41) is 19.2. The molecule has 3 rings (SSSR count). The Kier molecular flexibility index (Phi) is 4.09. The summed E-state index contributed by atoms with van der Waals surface area (Å²) >= 11 is 0. The van der Waals surface area contributed by atoms with Gasteiger partial charge in [0, 0.05) is 4.92 Å². The molecule has 0 spiro atoms. The van der Waals surface area contributed by atoms with E-state index in [-0.39, 0.29) is 17.5 Å². The summed E-state index contributed by atoms with van der Waals surface area (Å²) in [6.45, 7) is -0.153. The number of para-hydroxylation sites is 1. The quantitative estimate of drug-likeness (QED) is 0.518. The highest BCUT2D eigenvalue weighted by molar-refractivity contribution is 5.73. The summed E-state index contributed by atoms with van der Waals surface area (Å²) in [7, 11) is 0. The number of rotatable bonds is 6. The Balaban J connectivity index is 1.84. The SMILES string of the molecule is O=[N+]([O-])C[C@H](CCc1ccccc1)n1nnc2ccccc21. The van der Waals surface area contributed by atoms with Gasteiger partial charge in [-0.05, 0) is 30.5 Å². The normalized spacial score (nSPS) is 12.4. The summed E-state index contributed by atoms with van der Waals surface area (Å²) in [5.74, 6) is 0. The number of nitrogens with zero attached hydrogens (tertiary/aromatic N) is 4. The van der Waals surface area contributed by atoms with E-state index in [0.29, 0.717) is 6.42 Å². The van der Waals surface area contributed by atoms with Crippen LogP contribution in [0.3, 0.4) is 0 Å². The minimum absolute atomic E-state index is 0.153. The van der Waals surface area contributed by atoms with Gasteiger partial charge in [0.05, 0.1) is 5.52 Å². The molecule has 0 aliphatic rings. The van der Waals surface area contributed by atoms with E-state index in [0.717, 1.165) is 17.5 Å². The molecular weight excluding hydrogens is 280 g/mol. The molecule has 0 N–H and O–H groups in total. The zero-order chi connectivity index (χ0) is 15.4. The Hall–Kier alpha value is -2.76. The first-order valence-corrected chi connectivity index (χ1v) is 7.19. The van der Waals surface area contributed by atoms with E-state index in [4.69, 9.17) is 0 Å². The average Bonchev–Trinajstić information content (AvgIpc) is 2.96. The zero-order valence-electron chi connectivity index (χ0n) is 12.0. The molecule has 1 heterocycles. The lowest BCUT2D eigenvalue weighted by Gasteiger charge is -2.13. The van der Waals surface area contributed by atoms with E-state index in [9.17, 15) is 10.1 Å². The fourth-order valence-electron chi connectivity index (χ4n) is 2.60. The van der Waals surface area contributed by atoms with Crippen LogP contribution in [0.1, 0.15) is 18.0 Å². The van der Waals surface area contributed by atoms with Gasteiger partial charge in [-0.1, -0.05) is 47.7 Å². The molecule has 0 fully saturated rings. The van der Waals surface area contributed by atoms with Gasteiger partial charge in [0.1, 0.15) is 11.6 Å². The molecule has 0 bridgehead atoms. The number of fused-ring (bicyclic) bond motifs is 1. The van der Waals surface area contributed by atoms with E-state index in [2.05, 4.69) is 10.3 Å². The van der Waals surface area contributed by atoms with Crippen molar-refractivity contribution in [2.75, 3.05) is 6.54 Å². The average molecular weight is 296 g/mol. The number of benzene rings is 2. The number of hydrogen-bond acceptors (Lipinski definition) is 4. The smallest absolute Gasteiger partial charge is 0.226 e. The van der Waals surface area contributed by atoms with Gasteiger partial charge in [0.15, 0.2) is 0 Å². The predicted molar refractivity (Wildman–Crippen MR) is 83.2 cm³/mol. The van der Waals surface area contributed by atoms with Gasteiger partial charge in [0.2, 0.25) is 6.54 Å². The minimum Gasteiger partial charge on any atom is -0.264 e. The molecule has 22 heavy (non-hydrogen) atoms. The fraction of sp³-hybridized carbons (Fsp3) is 0.250. The van der Waals surface area contributed by atoms with E-state index in [1.807, 2.05) is 54.6 Å². The number of aromatic nitrogens is 3. The van der Waals surface area contributed by atoms with E-state index < -0.39 is 0 Å². The maximum Gasteiger partial charge on any atom is 0.226 e. The molecule has 0 aliphatic heterocycles. The molecule has 6 nitrogen and oxygen atoms in total. The molecule has 0 aliphatic carbocycles. The van der Waals surface area contributed by atoms with Gasteiger partial charge >= 0.3 is 0 Å². The summed E-state index contributed by atoms with van der Waals surface area (Å²) in [5.41, 5.74) is 2.76. The molecule has 2 aromatic carbocycles. The molecule has 1 aromatic heterocycles. The van der Waals surface area contributed by atoms with Gasteiger partial charge in [0.25, 0.3) is 0 Å². The van der Waals surface area contributed by atoms with Crippen LogP contribution in [-0.4, -0.2) is 26.5 Å². The Morgan fingerprint density at radius 2 is 1.82 bits per heavy atom. The zero-order valence-corrected chi connectivity index (χ0v) is 12.0. The maximum absolute atomic E-state index is 11.0. The van der Waals surface area contributed by atoms with Crippen molar-refractivity contribution in [2.24, 2.45) is 0 Å². The van der Waals surface area contributed by atoms with Crippen LogP contribution in [0.25, 0.3) is 11.0 Å². The van der Waals surface area contributed by atoms with Gasteiger partial charge in [-0.25, -0.2) is 4.68 Å². The molecular formula is C16H16N4O2. The van der Waals surface area contributed by atoms with Crippen LogP contribution in [-0.2, 0) is 6.42 Å². The van der Waals surface area contributed by atoms with Crippen LogP contribution in [0.2, 0.25) is 0 Å². The van der Waals surface area contributed by atoms with Crippen molar-refractivity contribution in [2.45, 2.75) is 18.9 Å². The van der Waals surface area contributed by atoms with Crippen molar-refractivity contribution in [3.05, 3.63) is 70.3 Å². The van der Waals surface area contributed by atoms with Crippen molar-refractivity contribution in [3.8, 4) is 0 Å². The number of aryl methyl sites for hydroxylation is 1. The molecule has 1 atom stereocenters. The molecule has 0 amide bonds. The lowest BCUT2D eigenvalue weighted by Crippen LogP contribution is -2.21. The summed E-state index contributed by atoms with van der Waals surface area (Å²) < 4.78 is 1.68. The largest absolute Gasteiger partial charge is 0.264 e. The number of nitro groups is 1. The van der Waals surface area contributed by atoms with E-state index in [1.165, 1.54) is 5.56 Å². The lowest BCUT2D eigenvalue weighted by atomic mass is 10.1. The molecule has 0 saturated carbocycles. The standard InChI is InChI=1S/C16H16N4O2/c21-19(22)12-14(11-10-13-6-2-1-3-7-13)20-16-9-5-4-8-15(16)17-18-20/h1-9,14H,10-12H2/t14-/m0/s1. The minimum atomic E-state index is -0.303. The Bertz CT molecular complexity index is 770. The van der Waals surface area contributed by atoms with Crippen molar-refractivity contribution in [1.82, 2.24) is 15.0 Å². The van der Waals surface area contributed by atoms with Gasteiger partial charge in [-0.2, -0.15) is 0 Å². The van der Waals surface area contributed by atoms with Crippen LogP contribution in [0, 0.1) is 10.1 Å². The van der Waals surface area contributed by atoms with Crippen molar-refractivity contribution in [1.29, 1.82) is 0 Å². The van der Waals surface area contributed by atoms with Gasteiger partial charge in [-0.3, -0.25) is 10.1 Å². The highest BCUT2D eigenvalue weighted by Crippen LogP contribution is 2.20. The first-order chi connectivity index (χ1) is 10.7. The lowest BCUT2D eigenvalue weighted by molar-refractivity contribution is -0.486. The molecule has 112 valence electrons. The summed E-state index contributed by atoms with van der Waals surface area (Å²) in [6, 6.07) is 17.2. The third kappa shape index (κ3) is 3.11. The van der Waals surface area contributed by atoms with Gasteiger partial charge in [-0.15, -0.1) is 5.10 Å². The fourth-order valence-corrected chi connectivity index (χ4v) is 2.60. The Morgan fingerprint density at radius 1 is 1.09 bits per heavy atom. The predicted octanol–water partition coefficient (Wildman–Crippen LogP) is 2.88. The second-order valence-electron chi connectivity index (χ2n) is 5.22. The van der Waals surface area contributed by atoms with Crippen LogP contribution >= 0.6 is 0 Å². The van der Waals surface area contributed by atoms with Crippen molar-refractivity contribution in [3.63, 3.8) is 0 Å². The van der Waals surface area contributed by atoms with Crippen molar-refractivity contribution >= 4 is 11.0 Å². The van der Waals surface area contributed by atoms with Crippen LogP contribution in [0.5, 0.6) is 0 Å². The Labute approximate surface area is 127 Å². The van der Waals surface area contributed by atoms with Crippen LogP contribution in [0.15, 0.2) is 54.6 Å². The highest BCUT2D eigenvalue weighted by Gasteiger charge is 2.21. The topological polar surface area (TPSA) is 73.8 Å². The molecule has 6 heteroatoms. The third-order valence-corrected chi connectivity index (χ3v) is 3.69. The van der Waals surface area contributed by atoms with Crippen molar-refractivity contribution < 1.29 is 4.92 Å². The summed E-state index contributed by atoms with van der Waals surface area (Å²) in [6.07, 6.45) is 1.42. The van der Waals surface area contributed by atoms with E-state index >= 15 is 0 Å². The highest BCUT2D eigenvalue weighted by atomic mass is 16.6. The Morgan fingerprint density at radius 3 is 2.59 bits per heavy atom. The first kappa shape index (κ1) is 14.2. The van der Waals surface area contributed by atoms with Gasteiger partial charge < -0.3 is 0 Å². The second-order valence-corrected chi connectivity index (χ2v) is 5.22. The third-order valence-electron chi connectivity index (χ3n) is 3.69. The number of hydrogen-bond donors (Lipinski definition) is 0. The monoisotopic (exact) mass is 296 g/mol. The summed E-state index contributed by atoms with van der Waals surface area (Å²) in [4.78, 5) is 10.7. The molecule has 0 radical (unpaired) electrons. The van der Waals surface area contributed by atoms with E-state index in [1.54, 1.807) is 4.68 Å². The maximum atomic E-state index is 11.0. The van der Waals surface area contributed by atoms with Crippen LogP contribution < -0.4 is 0 Å². The first-order valence-electron chi connectivity index (χ1n) is 7.19. The molecule has 3 aromatic rings. The second kappa shape index (κ2) is 6.34. The van der Waals surface area contributed by atoms with Crippen LogP contribution in [0.4, 0.5) is 0 Å².